The Bertz CT molecular complexity index is 824. The standard InChI is InChI=1S/C18H18ClN3O3/c1-24-13-9-8-12(14(19)16(13)25-2)15-17(20)21-18(23)22(15)10-11-6-4-3-5-7-11/h3-9,15H,10H2,1-2H3,(H2,20,21,23). The van der Waals surface area contributed by atoms with Crippen molar-refractivity contribution in [2.24, 2.45) is 10.7 Å². The van der Waals surface area contributed by atoms with E-state index in [-0.39, 0.29) is 5.84 Å². The molecule has 1 aliphatic rings. The largest absolute Gasteiger partial charge is 0.493 e. The maximum absolute atomic E-state index is 12.3. The lowest BCUT2D eigenvalue weighted by Gasteiger charge is -2.26. The summed E-state index contributed by atoms with van der Waals surface area (Å²) in [6.07, 6.45) is 0. The number of hydrogen-bond acceptors (Lipinski definition) is 4. The van der Waals surface area contributed by atoms with E-state index in [0.717, 1.165) is 5.56 Å². The van der Waals surface area contributed by atoms with Crippen molar-refractivity contribution in [1.29, 1.82) is 0 Å². The Morgan fingerprint density at radius 2 is 1.88 bits per heavy atom. The van der Waals surface area contributed by atoms with Crippen molar-refractivity contribution in [2.75, 3.05) is 14.2 Å². The fourth-order valence-corrected chi connectivity index (χ4v) is 3.22. The van der Waals surface area contributed by atoms with Gasteiger partial charge in [-0.3, -0.25) is 0 Å². The normalized spacial score (nSPS) is 16.8. The lowest BCUT2D eigenvalue weighted by atomic mass is 10.0. The SMILES string of the molecule is COc1ccc(C2C(N)=NC(=O)N2Cc2ccccc2)c(Cl)c1OC. The molecule has 130 valence electrons. The molecule has 2 aromatic rings. The van der Waals surface area contributed by atoms with E-state index in [0.29, 0.717) is 28.6 Å². The maximum Gasteiger partial charge on any atom is 0.346 e. The van der Waals surface area contributed by atoms with Crippen LogP contribution < -0.4 is 15.2 Å². The minimum absolute atomic E-state index is 0.204. The summed E-state index contributed by atoms with van der Waals surface area (Å²) < 4.78 is 10.6. The third-order valence-corrected chi connectivity index (χ3v) is 4.46. The number of methoxy groups -OCH3 is 2. The van der Waals surface area contributed by atoms with Gasteiger partial charge >= 0.3 is 6.03 Å². The third kappa shape index (κ3) is 3.13. The highest BCUT2D eigenvalue weighted by atomic mass is 35.5. The van der Waals surface area contributed by atoms with E-state index in [1.54, 1.807) is 17.0 Å². The first kappa shape index (κ1) is 17.1. The molecular formula is C18H18ClN3O3. The number of hydrogen-bond donors (Lipinski definition) is 1. The van der Waals surface area contributed by atoms with Gasteiger partial charge in [0.2, 0.25) is 0 Å². The highest BCUT2D eigenvalue weighted by Crippen LogP contribution is 2.42. The Balaban J connectivity index is 2.01. The lowest BCUT2D eigenvalue weighted by molar-refractivity contribution is 0.203. The Kier molecular flexibility index (Phi) is 4.81. The number of carbonyl (C=O) groups is 1. The molecule has 0 saturated carbocycles. The van der Waals surface area contributed by atoms with E-state index in [1.165, 1.54) is 14.2 Å². The van der Waals surface area contributed by atoms with Gasteiger partial charge in [0.15, 0.2) is 11.5 Å². The lowest BCUT2D eigenvalue weighted by Crippen LogP contribution is -2.33. The quantitative estimate of drug-likeness (QED) is 0.887. The molecule has 6 nitrogen and oxygen atoms in total. The maximum atomic E-state index is 12.3. The van der Waals surface area contributed by atoms with Crippen LogP contribution in [0.2, 0.25) is 5.02 Å². The van der Waals surface area contributed by atoms with Crippen molar-refractivity contribution >= 4 is 23.5 Å². The van der Waals surface area contributed by atoms with Crippen LogP contribution in [0.4, 0.5) is 4.79 Å². The van der Waals surface area contributed by atoms with Gasteiger partial charge in [0, 0.05) is 12.1 Å². The summed E-state index contributed by atoms with van der Waals surface area (Å²) in [6.45, 7) is 0.374. The molecule has 7 heteroatoms. The van der Waals surface area contributed by atoms with Gasteiger partial charge in [0.25, 0.3) is 0 Å². The van der Waals surface area contributed by atoms with Crippen LogP contribution in [0.25, 0.3) is 0 Å². The molecule has 1 unspecified atom stereocenters. The van der Waals surface area contributed by atoms with Crippen LogP contribution in [0.3, 0.4) is 0 Å². The second-order valence-corrected chi connectivity index (χ2v) is 5.92. The minimum Gasteiger partial charge on any atom is -0.493 e. The van der Waals surface area contributed by atoms with Crippen molar-refractivity contribution in [2.45, 2.75) is 12.6 Å². The van der Waals surface area contributed by atoms with Gasteiger partial charge in [0.1, 0.15) is 11.9 Å². The molecule has 0 aromatic heterocycles. The molecule has 0 radical (unpaired) electrons. The van der Waals surface area contributed by atoms with Crippen LogP contribution in [0.1, 0.15) is 17.2 Å². The molecule has 0 saturated heterocycles. The summed E-state index contributed by atoms with van der Waals surface area (Å²) >= 11 is 6.50. The minimum atomic E-state index is -0.556. The van der Waals surface area contributed by atoms with Crippen LogP contribution >= 0.6 is 11.6 Å². The first-order chi connectivity index (χ1) is 12.1. The third-order valence-electron chi connectivity index (χ3n) is 4.07. The molecule has 0 aliphatic carbocycles. The molecular weight excluding hydrogens is 342 g/mol. The number of rotatable bonds is 5. The second kappa shape index (κ2) is 7.03. The highest BCUT2D eigenvalue weighted by Gasteiger charge is 2.36. The van der Waals surface area contributed by atoms with Crippen LogP contribution in [-0.4, -0.2) is 31.0 Å². The van der Waals surface area contributed by atoms with Crippen molar-refractivity contribution in [3.63, 3.8) is 0 Å². The van der Waals surface area contributed by atoms with Crippen molar-refractivity contribution < 1.29 is 14.3 Å². The fourth-order valence-electron chi connectivity index (χ4n) is 2.89. The molecule has 1 heterocycles. The molecule has 0 spiro atoms. The number of nitrogens with zero attached hydrogens (tertiary/aromatic N) is 2. The van der Waals surface area contributed by atoms with E-state index in [2.05, 4.69) is 4.99 Å². The molecule has 0 fully saturated rings. The molecule has 0 bridgehead atoms. The zero-order chi connectivity index (χ0) is 18.0. The number of aliphatic imine (C=N–C) groups is 1. The zero-order valence-corrected chi connectivity index (χ0v) is 14.7. The number of carbonyl (C=O) groups excluding carboxylic acids is 1. The summed E-state index contributed by atoms with van der Waals surface area (Å²) in [4.78, 5) is 17.8. The summed E-state index contributed by atoms with van der Waals surface area (Å²) in [5.41, 5.74) is 7.65. The van der Waals surface area contributed by atoms with E-state index in [4.69, 9.17) is 26.8 Å². The van der Waals surface area contributed by atoms with Gasteiger partial charge in [0.05, 0.1) is 19.2 Å². The first-order valence-electron chi connectivity index (χ1n) is 7.65. The van der Waals surface area contributed by atoms with Gasteiger partial charge in [-0.25, -0.2) is 4.79 Å². The topological polar surface area (TPSA) is 77.2 Å². The Labute approximate surface area is 150 Å². The van der Waals surface area contributed by atoms with E-state index >= 15 is 0 Å². The van der Waals surface area contributed by atoms with Gasteiger partial charge in [-0.05, 0) is 11.6 Å². The summed E-state index contributed by atoms with van der Waals surface area (Å²) in [6, 6.07) is 12.2. The van der Waals surface area contributed by atoms with Crippen LogP contribution in [0.5, 0.6) is 11.5 Å². The van der Waals surface area contributed by atoms with Gasteiger partial charge in [-0.1, -0.05) is 48.0 Å². The van der Waals surface area contributed by atoms with Crippen molar-refractivity contribution in [3.05, 3.63) is 58.6 Å². The highest BCUT2D eigenvalue weighted by molar-refractivity contribution is 6.33. The van der Waals surface area contributed by atoms with Gasteiger partial charge < -0.3 is 20.1 Å². The second-order valence-electron chi connectivity index (χ2n) is 5.54. The molecule has 2 N–H and O–H groups in total. The summed E-state index contributed by atoms with van der Waals surface area (Å²) in [5.74, 6) is 1.11. The van der Waals surface area contributed by atoms with Crippen molar-refractivity contribution in [1.82, 2.24) is 4.90 Å². The van der Waals surface area contributed by atoms with Crippen molar-refractivity contribution in [3.8, 4) is 11.5 Å². The average Bonchev–Trinajstić information content (AvgIpc) is 2.89. The number of urea groups is 1. The van der Waals surface area contributed by atoms with Crippen LogP contribution in [-0.2, 0) is 6.54 Å². The predicted octanol–water partition coefficient (Wildman–Crippen LogP) is 3.39. The van der Waals surface area contributed by atoms with Gasteiger partial charge in [-0.15, -0.1) is 0 Å². The zero-order valence-electron chi connectivity index (χ0n) is 13.9. The number of amides is 2. The Morgan fingerprint density at radius 3 is 2.52 bits per heavy atom. The summed E-state index contributed by atoms with van der Waals surface area (Å²) in [7, 11) is 3.04. The Hall–Kier alpha value is -2.73. The molecule has 2 aromatic carbocycles. The van der Waals surface area contributed by atoms with Crippen LogP contribution in [0.15, 0.2) is 47.5 Å². The van der Waals surface area contributed by atoms with E-state index in [1.807, 2.05) is 30.3 Å². The average molecular weight is 360 g/mol. The van der Waals surface area contributed by atoms with Crippen LogP contribution in [0, 0.1) is 0 Å². The first-order valence-corrected chi connectivity index (χ1v) is 8.03. The molecule has 2 amide bonds. The number of benzene rings is 2. The molecule has 1 atom stereocenters. The number of halogens is 1. The number of ether oxygens (including phenoxy) is 2. The molecule has 25 heavy (non-hydrogen) atoms. The van der Waals surface area contributed by atoms with E-state index < -0.39 is 12.1 Å². The summed E-state index contributed by atoms with van der Waals surface area (Å²) in [5, 5.41) is 0.345. The fraction of sp³-hybridized carbons (Fsp3) is 0.222. The van der Waals surface area contributed by atoms with Gasteiger partial charge in [-0.2, -0.15) is 4.99 Å². The number of nitrogens with two attached hydrogens (primary N) is 1. The molecule has 3 rings (SSSR count). The predicted molar refractivity (Wildman–Crippen MR) is 96.3 cm³/mol. The van der Waals surface area contributed by atoms with E-state index in [9.17, 15) is 4.79 Å². The monoisotopic (exact) mass is 359 g/mol. The number of amidine groups is 1. The molecule has 1 aliphatic heterocycles. The smallest absolute Gasteiger partial charge is 0.346 e. The Morgan fingerprint density at radius 1 is 1.16 bits per heavy atom.